The minimum atomic E-state index is 0.371. The summed E-state index contributed by atoms with van der Waals surface area (Å²) in [5.74, 6) is 4.79. The Hall–Kier alpha value is -3.20. The fourth-order valence-corrected chi connectivity index (χ4v) is 12.3. The quantitative estimate of drug-likeness (QED) is 0.0925. The Kier molecular flexibility index (Phi) is 17.6. The highest BCUT2D eigenvalue weighted by Gasteiger charge is 2.31. The third-order valence-electron chi connectivity index (χ3n) is 14.3. The molecule has 0 saturated carbocycles. The molecule has 0 N–H and O–H groups in total. The summed E-state index contributed by atoms with van der Waals surface area (Å²) in [6, 6.07) is 20.7. The summed E-state index contributed by atoms with van der Waals surface area (Å²) < 4.78 is 2.91. The first kappa shape index (κ1) is 53.8. The second kappa shape index (κ2) is 21.6. The van der Waals surface area contributed by atoms with Crippen molar-refractivity contribution in [1.29, 1.82) is 0 Å². The topological polar surface area (TPSA) is 0 Å². The number of benzene rings is 4. The van der Waals surface area contributed by atoms with E-state index in [9.17, 15) is 0 Å². The highest BCUT2D eigenvalue weighted by Crippen LogP contribution is 2.46. The van der Waals surface area contributed by atoms with E-state index in [0.29, 0.717) is 71.0 Å². The second-order valence-electron chi connectivity index (χ2n) is 23.7. The lowest BCUT2D eigenvalue weighted by Gasteiger charge is -2.30. The molecule has 0 fully saturated rings. The molecule has 0 amide bonds. The molecule has 0 aliphatic heterocycles. The van der Waals surface area contributed by atoms with E-state index in [1.807, 2.05) is 0 Å². The van der Waals surface area contributed by atoms with E-state index in [1.54, 1.807) is 0 Å². The largest absolute Gasteiger partial charge is 0.113 e. The van der Waals surface area contributed by atoms with Gasteiger partial charge in [-0.3, -0.25) is 0 Å². The third-order valence-corrected chi connectivity index (χ3v) is 16.9. The maximum atomic E-state index is 2.58. The van der Waals surface area contributed by atoms with Crippen molar-refractivity contribution in [2.24, 2.45) is 0 Å². The van der Waals surface area contributed by atoms with Crippen LogP contribution >= 0.6 is 22.7 Å². The van der Waals surface area contributed by atoms with Gasteiger partial charge >= 0.3 is 0 Å². The summed E-state index contributed by atoms with van der Waals surface area (Å²) in [5, 5.41) is 0. The first-order valence-corrected chi connectivity index (χ1v) is 27.9. The lowest BCUT2D eigenvalue weighted by Crippen LogP contribution is -2.24. The van der Waals surface area contributed by atoms with E-state index in [4.69, 9.17) is 0 Å². The van der Waals surface area contributed by atoms with Crippen LogP contribution in [0.1, 0.15) is 326 Å². The molecular formula is C64H92S2. The smallest absolute Gasteiger partial charge is 0.0906 e. The average Bonchev–Trinajstić information content (AvgIpc) is 3.20. The summed E-state index contributed by atoms with van der Waals surface area (Å²) in [6.07, 6.45) is 0. The van der Waals surface area contributed by atoms with E-state index in [0.717, 1.165) is 0 Å². The van der Waals surface area contributed by atoms with E-state index >= 15 is 0 Å². The molecule has 1 heterocycles. The molecule has 5 rings (SSSR count). The molecule has 2 heteroatoms. The SMILES string of the molecule is CC(C)c1cc(C(C)C)c(C(c2c(C(C)C)cc(C(C)C)cc2C(C)C)=c2sc(=C(c3c(C(C)C)cc(C(C)C)cc3C(C)C)c3c(C(C)C)cc(C(C)C)cc3C(C)C)s2)c(C(C)C)c1. The first-order chi connectivity index (χ1) is 30.7. The van der Waals surface area contributed by atoms with Crippen LogP contribution in [0.15, 0.2) is 48.5 Å². The van der Waals surface area contributed by atoms with Gasteiger partial charge in [0.05, 0.1) is 7.69 Å². The lowest BCUT2D eigenvalue weighted by atomic mass is 9.75. The Labute approximate surface area is 413 Å². The monoisotopic (exact) mass is 925 g/mol. The summed E-state index contributed by atoms with van der Waals surface area (Å²) in [5.41, 5.74) is 26.6. The van der Waals surface area contributed by atoms with Crippen LogP contribution in [-0.2, 0) is 0 Å². The van der Waals surface area contributed by atoms with Crippen molar-refractivity contribution in [3.05, 3.63) is 145 Å². The zero-order valence-corrected chi connectivity index (χ0v) is 48.0. The molecule has 66 heavy (non-hydrogen) atoms. The van der Waals surface area contributed by atoms with Crippen molar-refractivity contribution in [3.8, 4) is 0 Å². The van der Waals surface area contributed by atoms with Gasteiger partial charge in [-0.1, -0.05) is 215 Å². The van der Waals surface area contributed by atoms with Crippen LogP contribution in [0.5, 0.6) is 0 Å². The second-order valence-corrected chi connectivity index (χ2v) is 26.2. The zero-order chi connectivity index (χ0) is 49.5. The summed E-state index contributed by atoms with van der Waals surface area (Å²) in [7, 11) is 0. The zero-order valence-electron chi connectivity index (χ0n) is 46.4. The van der Waals surface area contributed by atoms with Gasteiger partial charge in [0.2, 0.25) is 0 Å². The van der Waals surface area contributed by atoms with Gasteiger partial charge in [-0.05, 0) is 160 Å². The van der Waals surface area contributed by atoms with Crippen LogP contribution in [0, 0.1) is 0 Å². The Balaban J connectivity index is 2.26. The predicted octanol–water partition coefficient (Wildman–Crippen LogP) is 19.8. The Bertz CT molecular complexity index is 2130. The van der Waals surface area contributed by atoms with Gasteiger partial charge in [0.25, 0.3) is 0 Å². The van der Waals surface area contributed by atoms with Crippen LogP contribution in [0.4, 0.5) is 0 Å². The van der Waals surface area contributed by atoms with Gasteiger partial charge in [-0.2, -0.15) is 0 Å². The first-order valence-electron chi connectivity index (χ1n) is 26.3. The maximum Gasteiger partial charge on any atom is 0.0906 e. The van der Waals surface area contributed by atoms with Crippen molar-refractivity contribution < 1.29 is 0 Å². The Morgan fingerprint density at radius 3 is 0.470 bits per heavy atom. The average molecular weight is 926 g/mol. The fraction of sp³-hybridized carbons (Fsp3) is 0.562. The van der Waals surface area contributed by atoms with Crippen molar-refractivity contribution in [2.45, 2.75) is 237 Å². The van der Waals surface area contributed by atoms with Gasteiger partial charge in [-0.15, -0.1) is 22.7 Å². The summed E-state index contributed by atoms with van der Waals surface area (Å²) in [4.78, 5) is 0. The maximum absolute atomic E-state index is 2.58. The highest BCUT2D eigenvalue weighted by atomic mass is 32.2. The van der Waals surface area contributed by atoms with E-state index in [1.165, 1.54) is 108 Å². The van der Waals surface area contributed by atoms with Gasteiger partial charge in [0.1, 0.15) is 0 Å². The minimum Gasteiger partial charge on any atom is -0.113 e. The predicted molar refractivity (Wildman–Crippen MR) is 300 cm³/mol. The molecule has 0 radical (unpaired) electrons. The van der Waals surface area contributed by atoms with Gasteiger partial charge < -0.3 is 0 Å². The lowest BCUT2D eigenvalue weighted by molar-refractivity contribution is 0.791. The van der Waals surface area contributed by atoms with Gasteiger partial charge in [0, 0.05) is 11.1 Å². The number of hydrogen-bond acceptors (Lipinski definition) is 2. The van der Waals surface area contributed by atoms with Crippen molar-refractivity contribution in [1.82, 2.24) is 0 Å². The summed E-state index contributed by atoms with van der Waals surface area (Å²) in [6.45, 7) is 57.8. The summed E-state index contributed by atoms with van der Waals surface area (Å²) >= 11 is 4.19. The Morgan fingerprint density at radius 1 is 0.227 bits per heavy atom. The van der Waals surface area contributed by atoms with E-state index in [-0.39, 0.29) is 0 Å². The van der Waals surface area contributed by atoms with E-state index in [2.05, 4.69) is 237 Å². The fourth-order valence-electron chi connectivity index (χ4n) is 10.0. The highest BCUT2D eigenvalue weighted by molar-refractivity contribution is 7.36. The standard InChI is InChI=1S/C64H92S2/c1-33(2)45-25-49(37(9)10)57(50(26-45)38(11)12)61(58-51(39(13)14)27-46(34(3)4)28-52(58)40(15)16)63-65-64(66-63)62(59-53(41(17)18)29-47(35(5)6)30-54(59)42(19)20)60-55(43(21)22)31-48(36(7)8)32-56(60)44(23)24/h25-44H,1-24H3. The van der Waals surface area contributed by atoms with Gasteiger partial charge in [-0.25, -0.2) is 0 Å². The van der Waals surface area contributed by atoms with Gasteiger partial charge in [0.15, 0.2) is 0 Å². The molecule has 0 aliphatic rings. The molecule has 0 saturated heterocycles. The van der Waals surface area contributed by atoms with Crippen molar-refractivity contribution >= 4 is 33.8 Å². The molecular weight excluding hydrogens is 833 g/mol. The Morgan fingerprint density at radius 2 is 0.364 bits per heavy atom. The molecule has 0 atom stereocenters. The van der Waals surface area contributed by atoms with Crippen LogP contribution in [0.2, 0.25) is 0 Å². The van der Waals surface area contributed by atoms with E-state index < -0.39 is 0 Å². The van der Waals surface area contributed by atoms with Crippen molar-refractivity contribution in [3.63, 3.8) is 0 Å². The molecule has 5 aromatic rings. The molecule has 0 bridgehead atoms. The molecule has 0 nitrogen and oxygen atoms in total. The normalized spacial score (nSPS) is 12.7. The molecule has 360 valence electrons. The van der Waals surface area contributed by atoms with Crippen molar-refractivity contribution in [2.75, 3.05) is 0 Å². The minimum absolute atomic E-state index is 0.371. The molecule has 4 aromatic carbocycles. The van der Waals surface area contributed by atoms with Crippen LogP contribution in [-0.4, -0.2) is 0 Å². The number of rotatable bonds is 16. The van der Waals surface area contributed by atoms with Crippen LogP contribution < -0.4 is 7.69 Å². The number of hydrogen-bond donors (Lipinski definition) is 0. The van der Waals surface area contributed by atoms with Crippen LogP contribution in [0.25, 0.3) is 11.1 Å². The molecule has 0 unspecified atom stereocenters. The molecule has 1 aromatic heterocycles. The van der Waals surface area contributed by atoms with Crippen LogP contribution in [0.3, 0.4) is 0 Å². The molecule has 0 aliphatic carbocycles. The third kappa shape index (κ3) is 11.0. The molecule has 0 spiro atoms.